The van der Waals surface area contributed by atoms with Gasteiger partial charge in [0.15, 0.2) is 6.29 Å². The molecule has 24 heteroatoms. The van der Waals surface area contributed by atoms with E-state index in [9.17, 15) is 45.5 Å². The van der Waals surface area contributed by atoms with Crippen molar-refractivity contribution < 1.29 is 55.0 Å². The minimum absolute atomic E-state index is 0.0267. The van der Waals surface area contributed by atoms with Crippen LogP contribution < -0.4 is 47.5 Å². The van der Waals surface area contributed by atoms with Gasteiger partial charge in [-0.05, 0) is 97.1 Å². The van der Waals surface area contributed by atoms with Gasteiger partial charge in [0.1, 0.15) is 34.4 Å². The third-order valence-electron chi connectivity index (χ3n) is 8.12. The predicted molar refractivity (Wildman–Crippen MR) is 239 cm³/mol. The lowest BCUT2D eigenvalue weighted by Crippen LogP contribution is -2.33. The van der Waals surface area contributed by atoms with Gasteiger partial charge >= 0.3 is 18.4 Å². The summed E-state index contributed by atoms with van der Waals surface area (Å²) in [6.45, 7) is 0. The Morgan fingerprint density at radius 2 is 1.09 bits per heavy atom. The number of hydrazine groups is 2. The van der Waals surface area contributed by atoms with Crippen molar-refractivity contribution in [3.8, 4) is 23.0 Å². The second-order valence-electron chi connectivity index (χ2n) is 12.8. The quantitative estimate of drug-likeness (QED) is 0.0201. The molecule has 2 aromatic heterocycles. The van der Waals surface area contributed by atoms with Crippen LogP contribution in [0.2, 0.25) is 10.0 Å². The molecular formula is C43H36Cl2F6N10O6. The highest BCUT2D eigenvalue weighted by atomic mass is 35.5. The number of pyridine rings is 2. The van der Waals surface area contributed by atoms with E-state index in [4.69, 9.17) is 38.5 Å². The number of benzene rings is 4. The Bertz CT molecular complexity index is 2680. The molecule has 350 valence electrons. The van der Waals surface area contributed by atoms with E-state index in [2.05, 4.69) is 47.2 Å². The maximum Gasteiger partial charge on any atom is 0.417 e. The van der Waals surface area contributed by atoms with Crippen molar-refractivity contribution in [3.63, 3.8) is 0 Å². The van der Waals surface area contributed by atoms with Crippen LogP contribution in [0, 0.1) is 0 Å². The second-order valence-corrected chi connectivity index (χ2v) is 13.6. The van der Waals surface area contributed by atoms with Gasteiger partial charge in [0.25, 0.3) is 11.8 Å². The van der Waals surface area contributed by atoms with E-state index in [-0.39, 0.29) is 28.9 Å². The van der Waals surface area contributed by atoms with Crippen molar-refractivity contribution in [3.05, 3.63) is 154 Å². The maximum absolute atomic E-state index is 12.9. The smallest absolute Gasteiger partial charge is 0.417 e. The first kappa shape index (κ1) is 51.7. The van der Waals surface area contributed by atoms with E-state index in [1.54, 1.807) is 73.8 Å². The van der Waals surface area contributed by atoms with E-state index < -0.39 is 39.6 Å². The number of aromatic nitrogens is 2. The van der Waals surface area contributed by atoms with Gasteiger partial charge in [0.2, 0.25) is 0 Å². The molecule has 0 aliphatic heterocycles. The molecule has 8 N–H and O–H groups in total. The van der Waals surface area contributed by atoms with Gasteiger partial charge in [-0.2, -0.15) is 26.3 Å². The molecular weight excluding hydrogens is 937 g/mol. The number of amides is 4. The number of ether oxygens (including phenoxy) is 2. The molecule has 0 radical (unpaired) electrons. The van der Waals surface area contributed by atoms with E-state index in [0.717, 1.165) is 36.2 Å². The van der Waals surface area contributed by atoms with Crippen molar-refractivity contribution in [1.82, 2.24) is 26.0 Å². The van der Waals surface area contributed by atoms with Gasteiger partial charge in [-0.3, -0.25) is 46.0 Å². The average molecular weight is 974 g/mol. The van der Waals surface area contributed by atoms with E-state index in [1.807, 2.05) is 0 Å². The lowest BCUT2D eigenvalue weighted by Gasteiger charge is -2.13. The first-order valence-electron chi connectivity index (χ1n) is 18.8. The van der Waals surface area contributed by atoms with Crippen molar-refractivity contribution in [2.45, 2.75) is 12.4 Å². The van der Waals surface area contributed by atoms with Crippen LogP contribution in [0.3, 0.4) is 0 Å². The molecule has 6 aromatic rings. The molecule has 4 amide bonds. The van der Waals surface area contributed by atoms with Crippen LogP contribution in [0.1, 0.15) is 32.1 Å². The van der Waals surface area contributed by atoms with Gasteiger partial charge in [-0.25, -0.2) is 4.79 Å². The second kappa shape index (κ2) is 24.4. The molecule has 0 atom stereocenters. The Balaban J connectivity index is 0.000000243. The van der Waals surface area contributed by atoms with E-state index >= 15 is 0 Å². The molecule has 16 nitrogen and oxygen atoms in total. The first-order chi connectivity index (χ1) is 31.8. The topological polar surface area (TPSA) is 223 Å². The summed E-state index contributed by atoms with van der Waals surface area (Å²) >= 11 is 10.9. The monoisotopic (exact) mass is 972 g/mol. The lowest BCUT2D eigenvalue weighted by atomic mass is 10.2. The summed E-state index contributed by atoms with van der Waals surface area (Å²) in [5.74, 6) is 6.73. The lowest BCUT2D eigenvalue weighted by molar-refractivity contribution is -0.138. The standard InChI is InChI=1S/C21H17ClF3N5O3.C13H14N4O2.C9H5ClF3NO/c1-26-19(31)18-11-15(8-9-27-18)33-14-5-2-12(3-6-14)29-30-20(32)28-13-4-7-17(22)16(10-13)21(23,24)25;1-15-13(18)12-8-11(6-7-16-12)19-10-4-2-9(17-14)3-5-10;10-8-2-1-6(14-3-4-15)5-7(8)9(11,12)13/h2-11,29H,1H3,(H,26,31)(H2,28,30,32);2-8,17H,14H2,1H3,(H,15,18);1-5H. The number of aldehydes is 1. The zero-order valence-electron chi connectivity index (χ0n) is 34.6. The van der Waals surface area contributed by atoms with Gasteiger partial charge in [0.05, 0.1) is 38.8 Å². The third-order valence-corrected chi connectivity index (χ3v) is 8.78. The van der Waals surface area contributed by atoms with Crippen LogP contribution in [0.15, 0.2) is 127 Å². The molecule has 0 aliphatic carbocycles. The number of alkyl halides is 6. The number of hydrogen-bond donors (Lipinski definition) is 7. The Labute approximate surface area is 386 Å². The fourth-order valence-corrected chi connectivity index (χ4v) is 5.44. The predicted octanol–water partition coefficient (Wildman–Crippen LogP) is 9.83. The molecule has 67 heavy (non-hydrogen) atoms. The zero-order valence-corrected chi connectivity index (χ0v) is 36.1. The number of halogens is 8. The maximum atomic E-state index is 12.9. The number of urea groups is 1. The minimum atomic E-state index is -4.65. The van der Waals surface area contributed by atoms with Crippen molar-refractivity contribution in [2.75, 3.05) is 30.3 Å². The summed E-state index contributed by atoms with van der Waals surface area (Å²) in [6.07, 6.45) is -4.96. The van der Waals surface area contributed by atoms with E-state index in [0.29, 0.717) is 40.7 Å². The van der Waals surface area contributed by atoms with Gasteiger partial charge in [0, 0.05) is 50.0 Å². The molecule has 4 aromatic carbocycles. The summed E-state index contributed by atoms with van der Waals surface area (Å²) in [6, 6.07) is 25.3. The molecule has 0 spiro atoms. The highest BCUT2D eigenvalue weighted by Gasteiger charge is 2.34. The van der Waals surface area contributed by atoms with Gasteiger partial charge in [-0.1, -0.05) is 23.2 Å². The minimum Gasteiger partial charge on any atom is -0.457 e. The molecule has 0 saturated carbocycles. The number of nitrogens with one attached hydrogen (secondary N) is 6. The Morgan fingerprint density at radius 1 is 0.627 bits per heavy atom. The summed E-state index contributed by atoms with van der Waals surface area (Å²) in [5, 5.41) is 6.40. The Kier molecular flexibility index (Phi) is 18.8. The fourth-order valence-electron chi connectivity index (χ4n) is 4.99. The SMILES string of the molecule is CNC(=O)c1cc(Oc2ccc(NN)cc2)ccn1.CNC(=O)c1cc(Oc2ccc(NNC(=O)Nc3ccc(Cl)c(C(F)(F)F)c3)cc2)ccn1.O=CC=Nc1ccc(Cl)c(C(F)(F)F)c1. The molecule has 0 aliphatic rings. The number of aliphatic imine (C=N–C) groups is 1. The van der Waals surface area contributed by atoms with Crippen LogP contribution in [0.4, 0.5) is 53.9 Å². The summed E-state index contributed by atoms with van der Waals surface area (Å²) in [5.41, 5.74) is 7.15. The van der Waals surface area contributed by atoms with Crippen molar-refractivity contribution in [2.24, 2.45) is 10.8 Å². The normalized spacial score (nSPS) is 10.8. The van der Waals surface area contributed by atoms with Gasteiger partial charge < -0.3 is 30.8 Å². The number of hydrogen-bond acceptors (Lipinski definition) is 12. The average Bonchev–Trinajstić information content (AvgIpc) is 3.31. The molecule has 0 fully saturated rings. The van der Waals surface area contributed by atoms with Crippen LogP contribution in [0.25, 0.3) is 0 Å². The van der Waals surface area contributed by atoms with Crippen LogP contribution >= 0.6 is 23.2 Å². The largest absolute Gasteiger partial charge is 0.457 e. The Morgan fingerprint density at radius 3 is 1.55 bits per heavy atom. The highest BCUT2D eigenvalue weighted by molar-refractivity contribution is 6.31. The van der Waals surface area contributed by atoms with Crippen LogP contribution in [-0.4, -0.2) is 54.4 Å². The van der Waals surface area contributed by atoms with Crippen LogP contribution in [0.5, 0.6) is 23.0 Å². The molecule has 2 heterocycles. The summed E-state index contributed by atoms with van der Waals surface area (Å²) in [4.78, 5) is 56.4. The number of carbonyl (C=O) groups is 4. The zero-order chi connectivity index (χ0) is 49.1. The Hall–Kier alpha value is -7.95. The molecule has 0 unspecified atom stereocenters. The number of carbonyl (C=O) groups excluding carboxylic acids is 4. The fraction of sp³-hybridized carbons (Fsp3) is 0.0930. The van der Waals surface area contributed by atoms with E-state index in [1.165, 1.54) is 37.6 Å². The number of anilines is 3. The first-order valence-corrected chi connectivity index (χ1v) is 19.5. The summed E-state index contributed by atoms with van der Waals surface area (Å²) in [7, 11) is 3.04. The molecule has 0 bridgehead atoms. The highest BCUT2D eigenvalue weighted by Crippen LogP contribution is 2.37. The molecule has 6 rings (SSSR count). The van der Waals surface area contributed by atoms with Gasteiger partial charge in [-0.15, -0.1) is 0 Å². The third kappa shape index (κ3) is 16.5. The number of nitrogens with zero attached hydrogens (tertiary/aromatic N) is 3. The number of nitrogens with two attached hydrogens (primary N) is 1. The van der Waals surface area contributed by atoms with Crippen molar-refractivity contribution in [1.29, 1.82) is 0 Å². The number of nitrogen functional groups attached to an aromatic ring is 1. The number of rotatable bonds is 12. The van der Waals surface area contributed by atoms with Crippen LogP contribution in [-0.2, 0) is 17.1 Å². The summed E-state index contributed by atoms with van der Waals surface area (Å²) < 4.78 is 87.1. The molecule has 0 saturated heterocycles. The van der Waals surface area contributed by atoms with Crippen molar-refractivity contribution >= 4 is 76.3 Å².